The van der Waals surface area contributed by atoms with Crippen molar-refractivity contribution in [3.05, 3.63) is 41.7 Å². The van der Waals surface area contributed by atoms with Crippen molar-refractivity contribution >= 4 is 17.3 Å². The van der Waals surface area contributed by atoms with E-state index in [1.165, 1.54) is 11.9 Å². The van der Waals surface area contributed by atoms with Gasteiger partial charge in [0.05, 0.1) is 0 Å². The molecule has 0 bridgehead atoms. The Morgan fingerprint density at radius 2 is 1.71 bits per heavy atom. The van der Waals surface area contributed by atoms with E-state index in [4.69, 9.17) is 5.84 Å². The van der Waals surface area contributed by atoms with Crippen LogP contribution in [0.1, 0.15) is 37.8 Å². The highest BCUT2D eigenvalue weighted by Crippen LogP contribution is 2.26. The third-order valence-electron chi connectivity index (χ3n) is 3.37. The molecule has 4 N–H and O–H groups in total. The number of anilines is 3. The molecule has 0 aliphatic carbocycles. The molecule has 0 atom stereocenters. The molecule has 0 aliphatic rings. The van der Waals surface area contributed by atoms with Crippen LogP contribution in [0, 0.1) is 0 Å². The average Bonchev–Trinajstić information content (AvgIpc) is 2.51. The van der Waals surface area contributed by atoms with Gasteiger partial charge >= 0.3 is 0 Å². The van der Waals surface area contributed by atoms with Crippen LogP contribution in [0.2, 0.25) is 0 Å². The van der Waals surface area contributed by atoms with Crippen LogP contribution >= 0.6 is 0 Å². The van der Waals surface area contributed by atoms with Crippen molar-refractivity contribution in [1.29, 1.82) is 0 Å². The maximum Gasteiger partial charge on any atom is 0.148 e. The number of hydrogen-bond donors (Lipinski definition) is 3. The second kappa shape index (κ2) is 7.59. The van der Waals surface area contributed by atoms with E-state index in [1.807, 2.05) is 6.07 Å². The van der Waals surface area contributed by atoms with Gasteiger partial charge in [0, 0.05) is 11.3 Å². The second-order valence-corrected chi connectivity index (χ2v) is 4.98. The molecular formula is C16H23N5. The first-order valence-electron chi connectivity index (χ1n) is 7.45. The van der Waals surface area contributed by atoms with E-state index >= 15 is 0 Å². The van der Waals surface area contributed by atoms with Crippen LogP contribution < -0.4 is 16.6 Å². The summed E-state index contributed by atoms with van der Waals surface area (Å²) < 4.78 is 0. The van der Waals surface area contributed by atoms with E-state index in [2.05, 4.69) is 52.8 Å². The molecule has 0 saturated heterocycles. The van der Waals surface area contributed by atoms with Crippen LogP contribution in [0.15, 0.2) is 30.6 Å². The van der Waals surface area contributed by atoms with Gasteiger partial charge in [0.1, 0.15) is 18.0 Å². The molecule has 5 heteroatoms. The van der Waals surface area contributed by atoms with Gasteiger partial charge in [-0.25, -0.2) is 15.8 Å². The number of nitrogens with two attached hydrogens (primary N) is 1. The monoisotopic (exact) mass is 285 g/mol. The number of hydrazine groups is 1. The quantitative estimate of drug-likeness (QED) is 0.537. The molecular weight excluding hydrogens is 262 g/mol. The highest BCUT2D eigenvalue weighted by Gasteiger charge is 2.11. The van der Waals surface area contributed by atoms with E-state index in [0.717, 1.165) is 42.8 Å². The first kappa shape index (κ1) is 15.3. The smallest absolute Gasteiger partial charge is 0.148 e. The molecule has 0 aliphatic heterocycles. The summed E-state index contributed by atoms with van der Waals surface area (Å²) in [7, 11) is 0. The molecule has 1 heterocycles. The lowest BCUT2D eigenvalue weighted by molar-refractivity contribution is 0.901. The van der Waals surface area contributed by atoms with Gasteiger partial charge in [0.2, 0.25) is 0 Å². The predicted molar refractivity (Wildman–Crippen MR) is 87.6 cm³/mol. The van der Waals surface area contributed by atoms with Crippen molar-refractivity contribution in [2.24, 2.45) is 5.84 Å². The second-order valence-electron chi connectivity index (χ2n) is 4.98. The Kier molecular flexibility index (Phi) is 5.51. The van der Waals surface area contributed by atoms with Crippen molar-refractivity contribution < 1.29 is 0 Å². The molecule has 2 rings (SSSR count). The number of nitrogens with one attached hydrogen (secondary N) is 2. The lowest BCUT2D eigenvalue weighted by Gasteiger charge is -2.15. The van der Waals surface area contributed by atoms with Gasteiger partial charge in [-0.05, 0) is 24.5 Å². The van der Waals surface area contributed by atoms with Gasteiger partial charge in [-0.3, -0.25) is 0 Å². The van der Waals surface area contributed by atoms with E-state index in [0.29, 0.717) is 5.82 Å². The summed E-state index contributed by atoms with van der Waals surface area (Å²) in [5.74, 6) is 7.06. The van der Waals surface area contributed by atoms with Crippen LogP contribution in [-0.4, -0.2) is 9.97 Å². The summed E-state index contributed by atoms with van der Waals surface area (Å²) in [5, 5.41) is 3.44. The lowest BCUT2D eigenvalue weighted by Crippen LogP contribution is -2.13. The van der Waals surface area contributed by atoms with E-state index < -0.39 is 0 Å². The van der Waals surface area contributed by atoms with Crippen LogP contribution in [0.5, 0.6) is 0 Å². The Morgan fingerprint density at radius 1 is 1.00 bits per heavy atom. The molecule has 0 amide bonds. The van der Waals surface area contributed by atoms with Gasteiger partial charge in [0.25, 0.3) is 0 Å². The minimum atomic E-state index is 0.683. The standard InChI is InChI=1S/C16H23N5/c1-3-7-12-9-5-6-10-14(12)20-15-13(8-4-2)16(21-17)19-11-18-15/h5-6,9-11H,3-4,7-8,17H2,1-2H3,(H2,18,19,20,21). The third-order valence-corrected chi connectivity index (χ3v) is 3.37. The number of rotatable bonds is 7. The minimum Gasteiger partial charge on any atom is -0.340 e. The van der Waals surface area contributed by atoms with Crippen molar-refractivity contribution in [3.8, 4) is 0 Å². The number of aromatic nitrogens is 2. The molecule has 1 aromatic heterocycles. The van der Waals surface area contributed by atoms with Gasteiger partial charge < -0.3 is 10.7 Å². The summed E-state index contributed by atoms with van der Waals surface area (Å²) in [6, 6.07) is 8.33. The molecule has 0 saturated carbocycles. The molecule has 2 aromatic rings. The van der Waals surface area contributed by atoms with E-state index in [9.17, 15) is 0 Å². The number of hydrogen-bond acceptors (Lipinski definition) is 5. The van der Waals surface area contributed by atoms with Gasteiger partial charge in [-0.2, -0.15) is 0 Å². The SMILES string of the molecule is CCCc1ccccc1Nc1ncnc(NN)c1CCC. The van der Waals surface area contributed by atoms with Gasteiger partial charge in [0.15, 0.2) is 0 Å². The van der Waals surface area contributed by atoms with Crippen LogP contribution in [-0.2, 0) is 12.8 Å². The Hall–Kier alpha value is -2.14. The zero-order chi connectivity index (χ0) is 15.1. The maximum atomic E-state index is 5.55. The summed E-state index contributed by atoms with van der Waals surface area (Å²) in [6.45, 7) is 4.31. The first-order valence-corrected chi connectivity index (χ1v) is 7.45. The first-order chi connectivity index (χ1) is 10.3. The Balaban J connectivity index is 2.35. The van der Waals surface area contributed by atoms with E-state index in [1.54, 1.807) is 0 Å². The minimum absolute atomic E-state index is 0.683. The number of nitrogen functional groups attached to an aromatic ring is 1. The lowest BCUT2D eigenvalue weighted by atomic mass is 10.1. The Morgan fingerprint density at radius 3 is 2.43 bits per heavy atom. The van der Waals surface area contributed by atoms with E-state index in [-0.39, 0.29) is 0 Å². The summed E-state index contributed by atoms with van der Waals surface area (Å²) >= 11 is 0. The maximum absolute atomic E-state index is 5.55. The van der Waals surface area contributed by atoms with Crippen LogP contribution in [0.25, 0.3) is 0 Å². The molecule has 1 aromatic carbocycles. The zero-order valence-corrected chi connectivity index (χ0v) is 12.7. The highest BCUT2D eigenvalue weighted by atomic mass is 15.3. The topological polar surface area (TPSA) is 75.9 Å². The summed E-state index contributed by atoms with van der Waals surface area (Å²) in [5.41, 5.74) is 6.07. The Labute approximate surface area is 126 Å². The molecule has 5 nitrogen and oxygen atoms in total. The fourth-order valence-electron chi connectivity index (χ4n) is 2.39. The summed E-state index contributed by atoms with van der Waals surface area (Å²) in [4.78, 5) is 8.57. The number of aryl methyl sites for hydroxylation is 1. The predicted octanol–water partition coefficient (Wildman–Crippen LogP) is 3.41. The Bertz CT molecular complexity index is 583. The molecule has 0 fully saturated rings. The van der Waals surface area contributed by atoms with Crippen LogP contribution in [0.4, 0.5) is 17.3 Å². The molecule has 0 unspecified atom stereocenters. The fraction of sp³-hybridized carbons (Fsp3) is 0.375. The number of para-hydroxylation sites is 1. The number of nitrogens with zero attached hydrogens (tertiary/aromatic N) is 2. The molecule has 21 heavy (non-hydrogen) atoms. The normalized spacial score (nSPS) is 10.4. The highest BCUT2D eigenvalue weighted by molar-refractivity contribution is 5.66. The molecule has 0 spiro atoms. The third kappa shape index (κ3) is 3.70. The van der Waals surface area contributed by atoms with Crippen molar-refractivity contribution in [2.75, 3.05) is 10.7 Å². The molecule has 112 valence electrons. The van der Waals surface area contributed by atoms with Gasteiger partial charge in [-0.15, -0.1) is 0 Å². The van der Waals surface area contributed by atoms with Gasteiger partial charge in [-0.1, -0.05) is 44.9 Å². The van der Waals surface area contributed by atoms with Crippen molar-refractivity contribution in [1.82, 2.24) is 9.97 Å². The summed E-state index contributed by atoms with van der Waals surface area (Å²) in [6.07, 6.45) is 5.56. The van der Waals surface area contributed by atoms with Crippen molar-refractivity contribution in [2.45, 2.75) is 39.5 Å². The van der Waals surface area contributed by atoms with Crippen LogP contribution in [0.3, 0.4) is 0 Å². The fourth-order valence-corrected chi connectivity index (χ4v) is 2.39. The van der Waals surface area contributed by atoms with Crippen molar-refractivity contribution in [3.63, 3.8) is 0 Å². The average molecular weight is 285 g/mol. The number of benzene rings is 1. The molecule has 0 radical (unpaired) electrons. The zero-order valence-electron chi connectivity index (χ0n) is 12.7. The largest absolute Gasteiger partial charge is 0.340 e.